The highest BCUT2D eigenvalue weighted by atomic mass is 79.9. The summed E-state index contributed by atoms with van der Waals surface area (Å²) in [6, 6.07) is 4.61. The van der Waals surface area contributed by atoms with Gasteiger partial charge in [0.1, 0.15) is 11.5 Å². The molecule has 18 heavy (non-hydrogen) atoms. The lowest BCUT2D eigenvalue weighted by Gasteiger charge is -2.07. The van der Waals surface area contributed by atoms with Crippen LogP contribution in [0, 0.1) is 5.82 Å². The summed E-state index contributed by atoms with van der Waals surface area (Å²) in [6.07, 6.45) is 3.00. The molecule has 0 unspecified atom stereocenters. The Hall–Kier alpha value is -1.69. The van der Waals surface area contributed by atoms with E-state index >= 15 is 0 Å². The molecule has 2 aromatic rings. The number of halogens is 2. The van der Waals surface area contributed by atoms with Gasteiger partial charge < -0.3 is 9.88 Å². The zero-order valence-corrected chi connectivity index (χ0v) is 11.2. The van der Waals surface area contributed by atoms with E-state index in [1.54, 1.807) is 23.7 Å². The van der Waals surface area contributed by atoms with Crippen molar-refractivity contribution in [1.82, 2.24) is 14.9 Å². The van der Waals surface area contributed by atoms with Crippen molar-refractivity contribution in [3.63, 3.8) is 0 Å². The number of benzene rings is 1. The summed E-state index contributed by atoms with van der Waals surface area (Å²) in [5, 5.41) is 2.65. The van der Waals surface area contributed by atoms with Gasteiger partial charge in [-0.3, -0.25) is 4.79 Å². The number of nitrogens with zero attached hydrogens (tertiary/aromatic N) is 2. The fraction of sp³-hybridized carbons (Fsp3) is 0.167. The Labute approximate surface area is 112 Å². The minimum absolute atomic E-state index is 0.134. The summed E-state index contributed by atoms with van der Waals surface area (Å²) < 4.78 is 15.8. The molecule has 1 N–H and O–H groups in total. The second kappa shape index (κ2) is 5.30. The molecule has 6 heteroatoms. The maximum Gasteiger partial charge on any atom is 0.269 e. The summed E-state index contributed by atoms with van der Waals surface area (Å²) in [5.41, 5.74) is 0.866. The molecule has 0 saturated heterocycles. The van der Waals surface area contributed by atoms with E-state index in [1.165, 1.54) is 18.6 Å². The van der Waals surface area contributed by atoms with Gasteiger partial charge in [-0.2, -0.15) is 0 Å². The van der Waals surface area contributed by atoms with Crippen LogP contribution in [0.3, 0.4) is 0 Å². The number of imidazole rings is 1. The highest BCUT2D eigenvalue weighted by molar-refractivity contribution is 9.10. The Bertz CT molecular complexity index is 582. The van der Waals surface area contributed by atoms with E-state index in [0.29, 0.717) is 11.3 Å². The molecule has 1 aromatic heterocycles. The molecule has 4 nitrogen and oxygen atoms in total. The van der Waals surface area contributed by atoms with Crippen molar-refractivity contribution in [1.29, 1.82) is 0 Å². The highest BCUT2D eigenvalue weighted by Crippen LogP contribution is 2.15. The Morgan fingerprint density at radius 1 is 1.56 bits per heavy atom. The van der Waals surface area contributed by atoms with E-state index < -0.39 is 0 Å². The van der Waals surface area contributed by atoms with Crippen LogP contribution in [-0.4, -0.2) is 15.5 Å². The number of nitrogens with one attached hydrogen (secondary N) is 1. The Kier molecular flexibility index (Phi) is 3.76. The predicted molar refractivity (Wildman–Crippen MR) is 68.5 cm³/mol. The molecular formula is C12H11BrFN3O. The number of hydrogen-bond acceptors (Lipinski definition) is 2. The number of aromatic nitrogens is 2. The number of amides is 1. The Morgan fingerprint density at radius 2 is 2.33 bits per heavy atom. The summed E-state index contributed by atoms with van der Waals surface area (Å²) >= 11 is 3.26. The molecule has 0 fully saturated rings. The van der Waals surface area contributed by atoms with Crippen LogP contribution in [0.2, 0.25) is 0 Å². The zero-order chi connectivity index (χ0) is 13.1. The Balaban J connectivity index is 2.06. The predicted octanol–water partition coefficient (Wildman–Crippen LogP) is 2.25. The minimum atomic E-state index is -0.344. The molecule has 2 rings (SSSR count). The van der Waals surface area contributed by atoms with Crippen molar-refractivity contribution >= 4 is 21.8 Å². The van der Waals surface area contributed by atoms with Gasteiger partial charge in [0, 0.05) is 23.6 Å². The van der Waals surface area contributed by atoms with Crippen LogP contribution in [0.5, 0.6) is 0 Å². The SMILES string of the molecule is Cn1cncc1C(=O)NCc1cc(Br)ccc1F. The van der Waals surface area contributed by atoms with Gasteiger partial charge in [0.05, 0.1) is 12.5 Å². The van der Waals surface area contributed by atoms with Crippen molar-refractivity contribution in [2.24, 2.45) is 7.05 Å². The van der Waals surface area contributed by atoms with Crippen molar-refractivity contribution in [3.8, 4) is 0 Å². The van der Waals surface area contributed by atoms with Gasteiger partial charge in [-0.05, 0) is 18.2 Å². The summed E-state index contributed by atoms with van der Waals surface area (Å²) in [4.78, 5) is 15.6. The standard InChI is InChI=1S/C12H11BrFN3O/c1-17-7-15-6-11(17)12(18)16-5-8-4-9(13)2-3-10(8)14/h2-4,6-7H,5H2,1H3,(H,16,18). The largest absolute Gasteiger partial charge is 0.347 e. The smallest absolute Gasteiger partial charge is 0.269 e. The van der Waals surface area contributed by atoms with Crippen LogP contribution in [0.15, 0.2) is 35.2 Å². The topological polar surface area (TPSA) is 46.9 Å². The lowest BCUT2D eigenvalue weighted by molar-refractivity contribution is 0.0942. The molecule has 1 aromatic carbocycles. The second-order valence-corrected chi connectivity index (χ2v) is 4.72. The van der Waals surface area contributed by atoms with E-state index in [4.69, 9.17) is 0 Å². The molecule has 0 radical (unpaired) electrons. The number of aryl methyl sites for hydroxylation is 1. The molecule has 0 bridgehead atoms. The maximum atomic E-state index is 13.5. The lowest BCUT2D eigenvalue weighted by Crippen LogP contribution is -2.25. The van der Waals surface area contributed by atoms with E-state index in [1.807, 2.05) is 0 Å². The van der Waals surface area contributed by atoms with Gasteiger partial charge in [-0.25, -0.2) is 9.37 Å². The first kappa shape index (κ1) is 12.8. The first-order chi connectivity index (χ1) is 8.58. The average molecular weight is 312 g/mol. The third-order valence-electron chi connectivity index (χ3n) is 2.50. The number of hydrogen-bond donors (Lipinski definition) is 1. The summed E-state index contributed by atoms with van der Waals surface area (Å²) in [5.74, 6) is -0.627. The van der Waals surface area contributed by atoms with Gasteiger partial charge in [0.2, 0.25) is 0 Å². The van der Waals surface area contributed by atoms with Crippen LogP contribution >= 0.6 is 15.9 Å². The van der Waals surface area contributed by atoms with Gasteiger partial charge in [0.25, 0.3) is 5.91 Å². The van der Waals surface area contributed by atoms with E-state index in [-0.39, 0.29) is 18.3 Å². The zero-order valence-electron chi connectivity index (χ0n) is 9.65. The number of carbonyl (C=O) groups is 1. The van der Waals surface area contributed by atoms with Crippen molar-refractivity contribution < 1.29 is 9.18 Å². The fourth-order valence-electron chi connectivity index (χ4n) is 1.52. The molecular weight excluding hydrogens is 301 g/mol. The molecule has 1 amide bonds. The lowest BCUT2D eigenvalue weighted by atomic mass is 10.2. The van der Waals surface area contributed by atoms with Crippen LogP contribution in [0.25, 0.3) is 0 Å². The van der Waals surface area contributed by atoms with Gasteiger partial charge >= 0.3 is 0 Å². The maximum absolute atomic E-state index is 13.5. The summed E-state index contributed by atoms with van der Waals surface area (Å²) in [6.45, 7) is 0.134. The van der Waals surface area contributed by atoms with Gasteiger partial charge in [-0.1, -0.05) is 15.9 Å². The third kappa shape index (κ3) is 2.76. The molecule has 94 valence electrons. The van der Waals surface area contributed by atoms with Gasteiger partial charge in [-0.15, -0.1) is 0 Å². The first-order valence-electron chi connectivity index (χ1n) is 5.26. The number of rotatable bonds is 3. The molecule has 0 atom stereocenters. The van der Waals surface area contributed by atoms with Crippen molar-refractivity contribution in [2.45, 2.75) is 6.54 Å². The summed E-state index contributed by atoms with van der Waals surface area (Å²) in [7, 11) is 1.72. The molecule has 1 heterocycles. The highest BCUT2D eigenvalue weighted by Gasteiger charge is 2.10. The normalized spacial score (nSPS) is 10.4. The van der Waals surface area contributed by atoms with Gasteiger partial charge in [0.15, 0.2) is 0 Å². The number of carbonyl (C=O) groups excluding carboxylic acids is 1. The average Bonchev–Trinajstić information content (AvgIpc) is 2.76. The minimum Gasteiger partial charge on any atom is -0.347 e. The molecule has 0 saturated carbocycles. The van der Waals surface area contributed by atoms with Crippen LogP contribution in [0.1, 0.15) is 16.1 Å². The fourth-order valence-corrected chi connectivity index (χ4v) is 1.93. The van der Waals surface area contributed by atoms with E-state index in [9.17, 15) is 9.18 Å². The van der Waals surface area contributed by atoms with Crippen LogP contribution in [-0.2, 0) is 13.6 Å². The molecule has 0 aliphatic rings. The van der Waals surface area contributed by atoms with Crippen molar-refractivity contribution in [2.75, 3.05) is 0 Å². The molecule has 0 aliphatic carbocycles. The molecule has 0 spiro atoms. The molecule has 0 aliphatic heterocycles. The monoisotopic (exact) mass is 311 g/mol. The quantitative estimate of drug-likeness (QED) is 0.945. The second-order valence-electron chi connectivity index (χ2n) is 3.81. The van der Waals surface area contributed by atoms with Crippen molar-refractivity contribution in [3.05, 3.63) is 52.3 Å². The van der Waals surface area contributed by atoms with Crippen LogP contribution < -0.4 is 5.32 Å². The first-order valence-corrected chi connectivity index (χ1v) is 6.05. The Morgan fingerprint density at radius 3 is 3.00 bits per heavy atom. The van der Waals surface area contributed by atoms with Crippen LogP contribution in [0.4, 0.5) is 4.39 Å². The van der Waals surface area contributed by atoms with E-state index in [0.717, 1.165) is 4.47 Å². The third-order valence-corrected chi connectivity index (χ3v) is 2.99. The van der Waals surface area contributed by atoms with E-state index in [2.05, 4.69) is 26.2 Å².